The molecular weight excluding hydrogens is 1220 g/mol. The average molecular weight is 1370 g/mol. The van der Waals surface area contributed by atoms with Crippen molar-refractivity contribution in [3.8, 4) is 0 Å². The molecule has 552 valence electrons. The van der Waals surface area contributed by atoms with Crippen molar-refractivity contribution in [1.29, 1.82) is 0 Å². The Morgan fingerprint density at radius 2 is 0.548 bits per heavy atom. The minimum absolute atomic E-state index is 0.105. The van der Waals surface area contributed by atoms with Crippen molar-refractivity contribution in [3.05, 3.63) is 0 Å². The summed E-state index contributed by atoms with van der Waals surface area (Å²) in [7, 11) is -9.91. The zero-order valence-corrected chi connectivity index (χ0v) is 62.5. The number of carbonyl (C=O) groups excluding carboxylic acids is 4. The van der Waals surface area contributed by atoms with Gasteiger partial charge in [-0.15, -0.1) is 0 Å². The Hall–Kier alpha value is -1.94. The van der Waals surface area contributed by atoms with Gasteiger partial charge in [-0.05, 0) is 43.4 Å². The highest BCUT2D eigenvalue weighted by Crippen LogP contribution is 2.45. The zero-order valence-electron chi connectivity index (χ0n) is 60.7. The minimum Gasteiger partial charge on any atom is -0.462 e. The fourth-order valence-corrected chi connectivity index (χ4v) is 12.8. The first-order valence-corrected chi connectivity index (χ1v) is 41.4. The second-order valence-corrected chi connectivity index (χ2v) is 30.6. The first-order chi connectivity index (χ1) is 44.8. The number of ether oxygens (including phenoxy) is 4. The number of aliphatic hydroxyl groups excluding tert-OH is 1. The monoisotopic (exact) mass is 1370 g/mol. The maximum atomic E-state index is 13.1. The molecule has 0 radical (unpaired) electrons. The van der Waals surface area contributed by atoms with E-state index in [-0.39, 0.29) is 25.7 Å². The van der Waals surface area contributed by atoms with Gasteiger partial charge in [0.25, 0.3) is 0 Å². The van der Waals surface area contributed by atoms with Crippen LogP contribution in [0.25, 0.3) is 0 Å². The third kappa shape index (κ3) is 65.8. The van der Waals surface area contributed by atoms with Crippen LogP contribution in [0.4, 0.5) is 0 Å². The molecule has 93 heavy (non-hydrogen) atoms. The van der Waals surface area contributed by atoms with Crippen LogP contribution < -0.4 is 0 Å². The molecule has 7 atom stereocenters. The molecule has 3 N–H and O–H groups in total. The van der Waals surface area contributed by atoms with E-state index in [1.807, 2.05) is 0 Å². The quantitative estimate of drug-likeness (QED) is 0.0222. The number of unbranched alkanes of at least 4 members (excludes halogenated alkanes) is 38. The minimum atomic E-state index is -4.96. The van der Waals surface area contributed by atoms with Crippen LogP contribution in [0.15, 0.2) is 0 Å². The predicted octanol–water partition coefficient (Wildman–Crippen LogP) is 21.4. The Kier molecular flexibility index (Phi) is 63.4. The molecule has 19 heteroatoms. The summed E-state index contributed by atoms with van der Waals surface area (Å²) >= 11 is 0. The van der Waals surface area contributed by atoms with Gasteiger partial charge in [0.15, 0.2) is 12.2 Å². The smallest absolute Gasteiger partial charge is 0.462 e. The molecule has 0 aliphatic heterocycles. The lowest BCUT2D eigenvalue weighted by Gasteiger charge is -2.21. The Bertz CT molecular complexity index is 1820. The number of hydrogen-bond donors (Lipinski definition) is 3. The van der Waals surface area contributed by atoms with Gasteiger partial charge < -0.3 is 33.8 Å². The second-order valence-electron chi connectivity index (χ2n) is 27.6. The summed E-state index contributed by atoms with van der Waals surface area (Å²) in [6.07, 6.45) is 49.8. The Morgan fingerprint density at radius 1 is 0.312 bits per heavy atom. The SMILES string of the molecule is CCCCCCCCCCCCCCCCCC(=O)O[C@H](COC(=O)CCCCCCCCCCCCC(C)CC)COP(=O)(O)OC[C@@H](O)COP(=O)(O)OC[C@@H](COC(=O)CCCCCCCCCC(C)C)OC(=O)CCCCCCCCCCCCC(C)CC. The maximum absolute atomic E-state index is 13.1. The largest absolute Gasteiger partial charge is 0.472 e. The number of phosphoric acid groups is 2. The molecule has 0 saturated heterocycles. The fourth-order valence-electron chi connectivity index (χ4n) is 11.2. The number of aliphatic hydroxyl groups is 1. The second kappa shape index (κ2) is 64.7. The third-order valence-corrected chi connectivity index (χ3v) is 19.8. The van der Waals surface area contributed by atoms with Crippen LogP contribution in [-0.2, 0) is 65.4 Å². The maximum Gasteiger partial charge on any atom is 0.472 e. The van der Waals surface area contributed by atoms with Gasteiger partial charge >= 0.3 is 39.5 Å². The molecule has 0 fully saturated rings. The Morgan fingerprint density at radius 3 is 0.817 bits per heavy atom. The lowest BCUT2D eigenvalue weighted by molar-refractivity contribution is -0.161. The van der Waals surface area contributed by atoms with Crippen molar-refractivity contribution >= 4 is 39.5 Å². The van der Waals surface area contributed by atoms with E-state index >= 15 is 0 Å². The van der Waals surface area contributed by atoms with Gasteiger partial charge in [-0.3, -0.25) is 37.3 Å². The number of carbonyl (C=O) groups is 4. The molecule has 0 aromatic heterocycles. The van der Waals surface area contributed by atoms with E-state index in [2.05, 4.69) is 48.5 Å². The molecule has 0 aromatic carbocycles. The number of rotatable bonds is 72. The predicted molar refractivity (Wildman–Crippen MR) is 377 cm³/mol. The molecule has 0 aliphatic rings. The van der Waals surface area contributed by atoms with E-state index in [4.69, 9.17) is 37.0 Å². The summed E-state index contributed by atoms with van der Waals surface area (Å²) in [5.74, 6) is 0.197. The molecule has 0 aromatic rings. The third-order valence-electron chi connectivity index (χ3n) is 17.9. The van der Waals surface area contributed by atoms with Crippen molar-refractivity contribution < 1.29 is 80.2 Å². The summed E-state index contributed by atoms with van der Waals surface area (Å²) in [5.41, 5.74) is 0. The Labute approximate surface area is 568 Å². The van der Waals surface area contributed by atoms with Crippen LogP contribution in [0.5, 0.6) is 0 Å². The molecular formula is C74H144O17P2. The van der Waals surface area contributed by atoms with Gasteiger partial charge in [0, 0.05) is 25.7 Å². The Balaban J connectivity index is 5.27. The van der Waals surface area contributed by atoms with Crippen LogP contribution in [0.2, 0.25) is 0 Å². The molecule has 0 saturated carbocycles. The van der Waals surface area contributed by atoms with Crippen LogP contribution in [0.3, 0.4) is 0 Å². The van der Waals surface area contributed by atoms with E-state index in [0.717, 1.165) is 108 Å². The van der Waals surface area contributed by atoms with Crippen LogP contribution in [0.1, 0.15) is 376 Å². The summed E-state index contributed by atoms with van der Waals surface area (Å²) < 4.78 is 68.5. The number of hydrogen-bond acceptors (Lipinski definition) is 15. The highest BCUT2D eigenvalue weighted by Gasteiger charge is 2.30. The van der Waals surface area contributed by atoms with Crippen molar-refractivity contribution in [2.75, 3.05) is 39.6 Å². The molecule has 0 bridgehead atoms. The summed E-state index contributed by atoms with van der Waals surface area (Å²) in [6, 6.07) is 0. The van der Waals surface area contributed by atoms with Crippen molar-refractivity contribution in [1.82, 2.24) is 0 Å². The van der Waals surface area contributed by atoms with Crippen LogP contribution in [-0.4, -0.2) is 96.7 Å². The molecule has 0 amide bonds. The summed E-state index contributed by atoms with van der Waals surface area (Å²) in [4.78, 5) is 72.7. The molecule has 0 rings (SSSR count). The number of esters is 4. The summed E-state index contributed by atoms with van der Waals surface area (Å²) in [6.45, 7) is 11.9. The average Bonchev–Trinajstić information content (AvgIpc) is 1.70. The highest BCUT2D eigenvalue weighted by molar-refractivity contribution is 7.47. The van der Waals surface area contributed by atoms with Crippen molar-refractivity contribution in [3.63, 3.8) is 0 Å². The lowest BCUT2D eigenvalue weighted by atomic mass is 9.99. The normalized spacial score (nSPS) is 14.7. The fraction of sp³-hybridized carbons (Fsp3) is 0.946. The van der Waals surface area contributed by atoms with Gasteiger partial charge in [0.1, 0.15) is 19.3 Å². The van der Waals surface area contributed by atoms with Gasteiger partial charge in [-0.2, -0.15) is 0 Å². The number of phosphoric ester groups is 2. The first kappa shape index (κ1) is 91.1. The first-order valence-electron chi connectivity index (χ1n) is 38.4. The highest BCUT2D eigenvalue weighted by atomic mass is 31.2. The molecule has 17 nitrogen and oxygen atoms in total. The van der Waals surface area contributed by atoms with Crippen molar-refractivity contribution in [2.45, 2.75) is 394 Å². The van der Waals surface area contributed by atoms with Gasteiger partial charge in [-0.25, -0.2) is 9.13 Å². The van der Waals surface area contributed by atoms with E-state index < -0.39 is 97.5 Å². The van der Waals surface area contributed by atoms with Gasteiger partial charge in [0.2, 0.25) is 0 Å². The summed E-state index contributed by atoms with van der Waals surface area (Å²) in [5, 5.41) is 10.6. The topological polar surface area (TPSA) is 237 Å². The zero-order chi connectivity index (χ0) is 68.7. The van der Waals surface area contributed by atoms with E-state index in [0.29, 0.717) is 31.6 Å². The molecule has 0 heterocycles. The van der Waals surface area contributed by atoms with Crippen LogP contribution in [0, 0.1) is 17.8 Å². The van der Waals surface area contributed by atoms with E-state index in [1.165, 1.54) is 180 Å². The standard InChI is InChI=1S/C74H144O17P2/c1-8-11-12-13-14-15-16-17-18-19-20-28-35-43-50-57-73(78)90-69(61-84-71(76)55-48-41-34-27-23-21-25-32-39-46-53-66(6)9-2)63-88-92(80,81)86-59-68(75)60-87-93(82,83)89-64-70(62-85-72(77)56-49-42-37-30-31-38-45-52-65(4)5)91-74(79)58-51-44-36-29-24-22-26-33-40-47-54-67(7)10-3/h65-70,75H,8-64H2,1-7H3,(H,80,81)(H,82,83)/t66?,67?,68-,69-,70-/m1/s1. The van der Waals surface area contributed by atoms with Gasteiger partial charge in [0.05, 0.1) is 26.4 Å². The van der Waals surface area contributed by atoms with Crippen molar-refractivity contribution in [2.24, 2.45) is 17.8 Å². The van der Waals surface area contributed by atoms with Gasteiger partial charge in [-0.1, -0.05) is 325 Å². The molecule has 4 unspecified atom stereocenters. The lowest BCUT2D eigenvalue weighted by Crippen LogP contribution is -2.30. The van der Waals surface area contributed by atoms with E-state index in [9.17, 15) is 43.2 Å². The molecule has 0 spiro atoms. The van der Waals surface area contributed by atoms with Crippen LogP contribution >= 0.6 is 15.6 Å². The molecule has 0 aliphatic carbocycles. The van der Waals surface area contributed by atoms with E-state index in [1.54, 1.807) is 0 Å².